The van der Waals surface area contributed by atoms with Crippen LogP contribution in [0.4, 0.5) is 11.5 Å². The van der Waals surface area contributed by atoms with Gasteiger partial charge in [-0.1, -0.05) is 30.3 Å². The highest BCUT2D eigenvalue weighted by Gasteiger charge is 2.14. The predicted octanol–water partition coefficient (Wildman–Crippen LogP) is 4.73. The fourth-order valence-electron chi connectivity index (χ4n) is 4.29. The van der Waals surface area contributed by atoms with E-state index in [1.165, 1.54) is 0 Å². The Balaban J connectivity index is 1.18. The zero-order chi connectivity index (χ0) is 24.6. The Morgan fingerprint density at radius 1 is 0.944 bits per heavy atom. The molecule has 2 aromatic heterocycles. The lowest BCUT2D eigenvalue weighted by Crippen LogP contribution is -2.38. The normalized spacial score (nSPS) is 14.7. The van der Waals surface area contributed by atoms with Crippen molar-refractivity contribution in [1.82, 2.24) is 19.9 Å². The summed E-state index contributed by atoms with van der Waals surface area (Å²) in [6.45, 7) is 3.51. The van der Waals surface area contributed by atoms with Crippen molar-refractivity contribution in [2.45, 2.75) is 25.9 Å². The summed E-state index contributed by atoms with van der Waals surface area (Å²) in [5, 5.41) is 4.39. The number of aromatic nitrogens is 3. The minimum absolute atomic E-state index is 0.541. The molecule has 0 saturated carbocycles. The molecule has 3 heterocycles. The van der Waals surface area contributed by atoms with Crippen LogP contribution in [0.15, 0.2) is 73.2 Å². The number of nitrogens with one attached hydrogen (secondary N) is 1. The molecule has 0 amide bonds. The second-order valence-electron chi connectivity index (χ2n) is 8.99. The van der Waals surface area contributed by atoms with Gasteiger partial charge in [-0.25, -0.2) is 9.97 Å². The molecule has 1 N–H and O–H groups in total. The van der Waals surface area contributed by atoms with E-state index >= 15 is 0 Å². The third kappa shape index (κ3) is 6.65. The summed E-state index contributed by atoms with van der Waals surface area (Å²) in [7, 11) is -0.614. The molecule has 8 heteroatoms. The number of fused-ring (bicyclic) bond motifs is 1. The summed E-state index contributed by atoms with van der Waals surface area (Å²) in [6, 6.07) is 20.1. The number of pyridine rings is 1. The van der Waals surface area contributed by atoms with Crippen LogP contribution in [-0.4, -0.2) is 55.2 Å². The molecular weight excluding hydrogens is 470 g/mol. The molecule has 4 aromatic rings. The van der Waals surface area contributed by atoms with Gasteiger partial charge in [0.25, 0.3) is 0 Å². The van der Waals surface area contributed by atoms with Crippen LogP contribution in [0.25, 0.3) is 10.9 Å². The van der Waals surface area contributed by atoms with Crippen molar-refractivity contribution in [3.63, 3.8) is 0 Å². The molecule has 0 atom stereocenters. The first-order valence-corrected chi connectivity index (χ1v) is 13.9. The van der Waals surface area contributed by atoms with Gasteiger partial charge in [0.15, 0.2) is 0 Å². The van der Waals surface area contributed by atoms with Gasteiger partial charge in [-0.15, -0.1) is 0 Å². The average Bonchev–Trinajstić information content (AvgIpc) is 2.92. The van der Waals surface area contributed by atoms with Gasteiger partial charge < -0.3 is 15.0 Å². The molecule has 1 aliphatic rings. The molecule has 0 aliphatic carbocycles. The van der Waals surface area contributed by atoms with Crippen LogP contribution in [0, 0.1) is 0 Å². The molecular formula is C28H31N5O2S. The lowest BCUT2D eigenvalue weighted by atomic mass is 10.1. The van der Waals surface area contributed by atoms with E-state index in [0.717, 1.165) is 89.8 Å². The van der Waals surface area contributed by atoms with E-state index in [-0.39, 0.29) is 0 Å². The molecule has 2 aromatic carbocycles. The highest BCUT2D eigenvalue weighted by atomic mass is 32.2. The van der Waals surface area contributed by atoms with Gasteiger partial charge in [0.05, 0.1) is 11.7 Å². The summed E-state index contributed by atoms with van der Waals surface area (Å²) >= 11 is 0. The Morgan fingerprint density at radius 2 is 1.75 bits per heavy atom. The number of benzene rings is 2. The Labute approximate surface area is 214 Å². The number of anilines is 2. The van der Waals surface area contributed by atoms with E-state index in [9.17, 15) is 4.21 Å². The first kappa shape index (κ1) is 24.3. The number of hydrogen-bond donors (Lipinski definition) is 1. The minimum atomic E-state index is -0.614. The number of ether oxygens (including phenoxy) is 1. The van der Waals surface area contributed by atoms with Crippen LogP contribution < -0.4 is 10.1 Å². The van der Waals surface area contributed by atoms with Crippen molar-refractivity contribution in [2.75, 3.05) is 36.5 Å². The Hall–Kier alpha value is -3.36. The maximum atomic E-state index is 11.5. The number of rotatable bonds is 10. The molecule has 5 rings (SSSR count). The van der Waals surface area contributed by atoms with Crippen LogP contribution >= 0.6 is 0 Å². The standard InChI is InChI=1S/C28H31N5O2S/c34-36-16-14-33(15-17-36)13-5-4-8-24-18-26-27(19-29-24)30-21-31-28(26)32-23-9-11-25(12-10-23)35-20-22-6-2-1-3-7-22/h1-3,6-7,9-12,18-19,21H,4-5,8,13-17,20H2,(H,30,31,32). The van der Waals surface area contributed by atoms with Crippen LogP contribution in [0.5, 0.6) is 5.75 Å². The monoisotopic (exact) mass is 501 g/mol. The molecule has 0 spiro atoms. The zero-order valence-corrected chi connectivity index (χ0v) is 21.1. The molecule has 1 aliphatic heterocycles. The lowest BCUT2D eigenvalue weighted by molar-refractivity contribution is 0.293. The van der Waals surface area contributed by atoms with Gasteiger partial charge in [0.1, 0.15) is 24.5 Å². The number of unbranched alkanes of at least 4 members (excludes halogenated alkanes) is 1. The SMILES string of the molecule is O=S1CCN(CCCCc2cc3c(Nc4ccc(OCc5ccccc5)cc4)ncnc3cn2)CC1. The highest BCUT2D eigenvalue weighted by Crippen LogP contribution is 2.25. The maximum absolute atomic E-state index is 11.5. The number of hydrogen-bond acceptors (Lipinski definition) is 7. The molecule has 1 fully saturated rings. The summed E-state index contributed by atoms with van der Waals surface area (Å²) in [4.78, 5) is 15.9. The zero-order valence-electron chi connectivity index (χ0n) is 20.3. The third-order valence-electron chi connectivity index (χ3n) is 6.37. The fourth-order valence-corrected chi connectivity index (χ4v) is 5.42. The summed E-state index contributed by atoms with van der Waals surface area (Å²) < 4.78 is 17.4. The average molecular weight is 502 g/mol. The molecule has 0 radical (unpaired) electrons. The highest BCUT2D eigenvalue weighted by molar-refractivity contribution is 7.85. The van der Waals surface area contributed by atoms with Gasteiger partial charge in [-0.2, -0.15) is 0 Å². The fraction of sp³-hybridized carbons (Fsp3) is 0.321. The van der Waals surface area contributed by atoms with Gasteiger partial charge in [-0.3, -0.25) is 9.19 Å². The van der Waals surface area contributed by atoms with Crippen LogP contribution in [0.1, 0.15) is 24.1 Å². The van der Waals surface area contributed by atoms with Crippen molar-refractivity contribution >= 4 is 33.2 Å². The largest absolute Gasteiger partial charge is 0.489 e. The second kappa shape index (κ2) is 12.1. The molecule has 0 bridgehead atoms. The van der Waals surface area contributed by atoms with Crippen molar-refractivity contribution in [3.05, 3.63) is 84.4 Å². The first-order chi connectivity index (χ1) is 17.7. The second-order valence-corrected chi connectivity index (χ2v) is 10.7. The van der Waals surface area contributed by atoms with E-state index in [1.54, 1.807) is 6.33 Å². The number of aryl methyl sites for hydroxylation is 1. The Bertz CT molecular complexity index is 1290. The smallest absolute Gasteiger partial charge is 0.141 e. The van der Waals surface area contributed by atoms with Crippen LogP contribution in [0.2, 0.25) is 0 Å². The van der Waals surface area contributed by atoms with E-state index in [1.807, 2.05) is 48.7 Å². The van der Waals surface area contributed by atoms with Crippen molar-refractivity contribution < 1.29 is 8.95 Å². The van der Waals surface area contributed by atoms with E-state index in [0.29, 0.717) is 6.61 Å². The van der Waals surface area contributed by atoms with Crippen molar-refractivity contribution in [3.8, 4) is 5.75 Å². The van der Waals surface area contributed by atoms with Gasteiger partial charge >= 0.3 is 0 Å². The molecule has 7 nitrogen and oxygen atoms in total. The van der Waals surface area contributed by atoms with E-state index in [4.69, 9.17) is 4.74 Å². The molecule has 36 heavy (non-hydrogen) atoms. The summed E-state index contributed by atoms with van der Waals surface area (Å²) in [5.74, 6) is 3.21. The van der Waals surface area contributed by atoms with Gasteiger partial charge in [0, 0.05) is 52.2 Å². The van der Waals surface area contributed by atoms with Crippen molar-refractivity contribution in [2.24, 2.45) is 0 Å². The van der Waals surface area contributed by atoms with E-state index < -0.39 is 10.8 Å². The molecule has 0 unspecified atom stereocenters. The Morgan fingerprint density at radius 3 is 2.56 bits per heavy atom. The third-order valence-corrected chi connectivity index (χ3v) is 7.65. The van der Waals surface area contributed by atoms with Gasteiger partial charge in [-0.05, 0) is 61.7 Å². The van der Waals surface area contributed by atoms with Crippen LogP contribution in [0.3, 0.4) is 0 Å². The van der Waals surface area contributed by atoms with E-state index in [2.05, 4.69) is 43.4 Å². The first-order valence-electron chi connectivity index (χ1n) is 12.4. The van der Waals surface area contributed by atoms with Crippen LogP contribution in [-0.2, 0) is 23.8 Å². The Kier molecular flexibility index (Phi) is 8.15. The predicted molar refractivity (Wildman–Crippen MR) is 145 cm³/mol. The molecule has 1 saturated heterocycles. The lowest BCUT2D eigenvalue weighted by Gasteiger charge is -2.25. The maximum Gasteiger partial charge on any atom is 0.141 e. The van der Waals surface area contributed by atoms with Gasteiger partial charge in [0.2, 0.25) is 0 Å². The molecule has 186 valence electrons. The topological polar surface area (TPSA) is 80.2 Å². The quantitative estimate of drug-likeness (QED) is 0.315. The summed E-state index contributed by atoms with van der Waals surface area (Å²) in [5.41, 5.74) is 3.94. The minimum Gasteiger partial charge on any atom is -0.489 e. The number of nitrogens with zero attached hydrogens (tertiary/aromatic N) is 4. The summed E-state index contributed by atoms with van der Waals surface area (Å²) in [6.07, 6.45) is 6.49. The van der Waals surface area contributed by atoms with Crippen molar-refractivity contribution in [1.29, 1.82) is 0 Å².